The van der Waals surface area contributed by atoms with Gasteiger partial charge in [-0.2, -0.15) is 10.1 Å². The van der Waals surface area contributed by atoms with E-state index in [1.165, 1.54) is 22.4 Å². The number of benzene rings is 2. The van der Waals surface area contributed by atoms with Crippen LogP contribution in [0.5, 0.6) is 5.75 Å². The van der Waals surface area contributed by atoms with E-state index in [0.717, 1.165) is 5.56 Å². The lowest BCUT2D eigenvalue weighted by molar-refractivity contribution is 0.0938. The number of nitrogens with one attached hydrogen (secondary N) is 2. The number of imidazole rings is 1. The Labute approximate surface area is 194 Å². The van der Waals surface area contributed by atoms with Gasteiger partial charge in [0.15, 0.2) is 11.2 Å². The van der Waals surface area contributed by atoms with Gasteiger partial charge in [0.05, 0.1) is 6.54 Å². The average Bonchev–Trinajstić information content (AvgIpc) is 3.21. The van der Waals surface area contributed by atoms with E-state index in [2.05, 4.69) is 20.5 Å². The molecule has 2 aromatic carbocycles. The van der Waals surface area contributed by atoms with Crippen molar-refractivity contribution in [3.8, 4) is 5.75 Å². The third-order valence-electron chi connectivity index (χ3n) is 5.00. The summed E-state index contributed by atoms with van der Waals surface area (Å²) in [7, 11) is 1.50. The minimum absolute atomic E-state index is 0.00409. The summed E-state index contributed by atoms with van der Waals surface area (Å²) < 4.78 is 8.32. The number of hydrazone groups is 1. The van der Waals surface area contributed by atoms with Crippen molar-refractivity contribution in [3.63, 3.8) is 0 Å². The molecule has 0 fully saturated rings. The first-order valence-electron chi connectivity index (χ1n) is 10.6. The summed E-state index contributed by atoms with van der Waals surface area (Å²) >= 11 is 0. The molecule has 0 radical (unpaired) electrons. The molecule has 0 aliphatic carbocycles. The van der Waals surface area contributed by atoms with Gasteiger partial charge in [-0.25, -0.2) is 10.2 Å². The second-order valence-electron chi connectivity index (χ2n) is 7.47. The van der Waals surface area contributed by atoms with Crippen LogP contribution >= 0.6 is 0 Å². The Bertz CT molecular complexity index is 1420. The van der Waals surface area contributed by atoms with E-state index in [4.69, 9.17) is 4.74 Å². The highest BCUT2D eigenvalue weighted by molar-refractivity contribution is 5.79. The molecule has 4 rings (SSSR count). The second kappa shape index (κ2) is 10.5. The van der Waals surface area contributed by atoms with E-state index in [9.17, 15) is 14.7 Å². The lowest BCUT2D eigenvalue weighted by Gasteiger charge is -2.15. The highest BCUT2D eigenvalue weighted by atomic mass is 16.5. The summed E-state index contributed by atoms with van der Waals surface area (Å²) in [4.78, 5) is 31.2. The Morgan fingerprint density at radius 3 is 2.59 bits per heavy atom. The minimum Gasteiger partial charge on any atom is -0.491 e. The molecule has 1 atom stereocenters. The standard InChI is InChI=1S/C24H24N6O4/c1-29-21-20(22(32)27-24(29)33)30(15-18(31)16-34-19-12-6-3-7-13-19)23(26-21)28-25-14-8-11-17-9-4-2-5-10-17/h2-14,18,31H,15-16H2,1H3,(H,26,28)(H,27,32,33)/b11-8+,25-14-/t18-/m0/s1. The Kier molecular flexibility index (Phi) is 6.99. The molecule has 0 amide bonds. The maximum atomic E-state index is 12.6. The zero-order valence-electron chi connectivity index (χ0n) is 18.5. The second-order valence-corrected chi connectivity index (χ2v) is 7.47. The number of nitrogens with zero attached hydrogens (tertiary/aromatic N) is 4. The van der Waals surface area contributed by atoms with Crippen molar-refractivity contribution in [2.45, 2.75) is 12.6 Å². The maximum Gasteiger partial charge on any atom is 0.329 e. The monoisotopic (exact) mass is 460 g/mol. The summed E-state index contributed by atoms with van der Waals surface area (Å²) in [5.41, 5.74) is 2.92. The fourth-order valence-corrected chi connectivity index (χ4v) is 3.33. The molecule has 3 N–H and O–H groups in total. The van der Waals surface area contributed by atoms with Crippen molar-refractivity contribution >= 4 is 29.4 Å². The van der Waals surface area contributed by atoms with Crippen LogP contribution in [-0.2, 0) is 13.6 Å². The summed E-state index contributed by atoms with van der Waals surface area (Å²) in [6.07, 6.45) is 4.21. The van der Waals surface area contributed by atoms with Gasteiger partial charge in [0.1, 0.15) is 18.5 Å². The Hall–Kier alpha value is -4.44. The fourth-order valence-electron chi connectivity index (χ4n) is 3.33. The Morgan fingerprint density at radius 2 is 1.85 bits per heavy atom. The first kappa shape index (κ1) is 22.7. The number of H-pyrrole nitrogens is 1. The van der Waals surface area contributed by atoms with Gasteiger partial charge in [-0.1, -0.05) is 54.6 Å². The number of aromatic nitrogens is 4. The smallest absolute Gasteiger partial charge is 0.329 e. The van der Waals surface area contributed by atoms with Crippen molar-refractivity contribution in [3.05, 3.63) is 93.1 Å². The van der Waals surface area contributed by atoms with Crippen LogP contribution < -0.4 is 21.4 Å². The molecule has 0 saturated carbocycles. The molecule has 0 unspecified atom stereocenters. The number of hydrogen-bond donors (Lipinski definition) is 3. The van der Waals surface area contributed by atoms with Crippen LogP contribution in [0, 0.1) is 0 Å². The molecular formula is C24H24N6O4. The number of allylic oxidation sites excluding steroid dienone is 1. The van der Waals surface area contributed by atoms with Gasteiger partial charge >= 0.3 is 5.69 Å². The number of para-hydroxylation sites is 1. The number of rotatable bonds is 9. The minimum atomic E-state index is -0.961. The molecule has 0 aliphatic heterocycles. The number of fused-ring (bicyclic) bond motifs is 1. The number of anilines is 1. The molecule has 34 heavy (non-hydrogen) atoms. The molecule has 2 heterocycles. The van der Waals surface area contributed by atoms with Crippen LogP contribution in [-0.4, -0.2) is 43.1 Å². The average molecular weight is 460 g/mol. The molecular weight excluding hydrogens is 436 g/mol. The first-order chi connectivity index (χ1) is 16.5. The van der Waals surface area contributed by atoms with Gasteiger partial charge in [0, 0.05) is 13.3 Å². The van der Waals surface area contributed by atoms with E-state index in [1.807, 2.05) is 54.6 Å². The number of aryl methyl sites for hydroxylation is 1. The molecule has 2 aromatic heterocycles. The SMILES string of the molecule is Cn1c(=O)[nH]c(=O)c2c1nc(N/N=C\C=C\c1ccccc1)n2C[C@H](O)COc1ccccc1. The number of hydrogen-bond acceptors (Lipinski definition) is 7. The largest absolute Gasteiger partial charge is 0.491 e. The van der Waals surface area contributed by atoms with E-state index < -0.39 is 17.4 Å². The van der Waals surface area contributed by atoms with Crippen molar-refractivity contribution in [2.24, 2.45) is 12.1 Å². The number of aliphatic hydroxyl groups excluding tert-OH is 1. The molecule has 0 saturated heterocycles. The summed E-state index contributed by atoms with van der Waals surface area (Å²) in [6.45, 7) is -0.0157. The van der Waals surface area contributed by atoms with Crippen molar-refractivity contribution < 1.29 is 9.84 Å². The lowest BCUT2D eigenvalue weighted by Crippen LogP contribution is -2.30. The zero-order valence-corrected chi connectivity index (χ0v) is 18.5. The quantitative estimate of drug-likeness (QED) is 0.259. The molecule has 174 valence electrons. The van der Waals surface area contributed by atoms with Gasteiger partial charge in [-0.15, -0.1) is 0 Å². The van der Waals surface area contributed by atoms with Crippen molar-refractivity contribution in [2.75, 3.05) is 12.0 Å². The predicted octanol–water partition coefficient (Wildman–Crippen LogP) is 1.97. The third kappa shape index (κ3) is 5.30. The van der Waals surface area contributed by atoms with Gasteiger partial charge < -0.3 is 14.4 Å². The zero-order chi connectivity index (χ0) is 23.9. The molecule has 0 spiro atoms. The highest BCUT2D eigenvalue weighted by Gasteiger charge is 2.19. The van der Waals surface area contributed by atoms with Gasteiger partial charge in [0.2, 0.25) is 5.95 Å². The normalized spacial score (nSPS) is 12.5. The van der Waals surface area contributed by atoms with Crippen LogP contribution in [0.4, 0.5) is 5.95 Å². The van der Waals surface area contributed by atoms with Crippen molar-refractivity contribution in [1.29, 1.82) is 0 Å². The van der Waals surface area contributed by atoms with Crippen LogP contribution in [0.25, 0.3) is 17.2 Å². The number of ether oxygens (including phenoxy) is 1. The first-order valence-corrected chi connectivity index (χ1v) is 10.6. The van der Waals surface area contributed by atoms with Crippen LogP contribution in [0.15, 0.2) is 81.4 Å². The molecule has 0 bridgehead atoms. The summed E-state index contributed by atoms with van der Waals surface area (Å²) in [5.74, 6) is 0.815. The van der Waals surface area contributed by atoms with E-state index in [-0.39, 0.29) is 30.3 Å². The van der Waals surface area contributed by atoms with E-state index >= 15 is 0 Å². The fraction of sp³-hybridized carbons (Fsp3) is 0.167. The van der Waals surface area contributed by atoms with Gasteiger partial charge in [0.25, 0.3) is 5.56 Å². The Balaban J connectivity index is 1.57. The van der Waals surface area contributed by atoms with Crippen LogP contribution in [0.2, 0.25) is 0 Å². The van der Waals surface area contributed by atoms with Crippen LogP contribution in [0.1, 0.15) is 5.56 Å². The predicted molar refractivity (Wildman–Crippen MR) is 131 cm³/mol. The van der Waals surface area contributed by atoms with E-state index in [0.29, 0.717) is 5.75 Å². The number of aliphatic hydroxyl groups is 1. The van der Waals surface area contributed by atoms with Crippen LogP contribution in [0.3, 0.4) is 0 Å². The van der Waals surface area contributed by atoms with Crippen molar-refractivity contribution in [1.82, 2.24) is 19.1 Å². The summed E-state index contributed by atoms with van der Waals surface area (Å²) in [6, 6.07) is 18.8. The Morgan fingerprint density at radius 1 is 1.15 bits per heavy atom. The molecule has 0 aliphatic rings. The van der Waals surface area contributed by atoms with Gasteiger partial charge in [-0.05, 0) is 23.8 Å². The number of aromatic amines is 1. The summed E-state index contributed by atoms with van der Waals surface area (Å²) in [5, 5.41) is 14.7. The maximum absolute atomic E-state index is 12.6. The molecule has 10 heteroatoms. The molecule has 4 aromatic rings. The topological polar surface area (TPSA) is 127 Å². The van der Waals surface area contributed by atoms with E-state index in [1.54, 1.807) is 18.2 Å². The highest BCUT2D eigenvalue weighted by Crippen LogP contribution is 2.17. The molecule has 10 nitrogen and oxygen atoms in total. The lowest BCUT2D eigenvalue weighted by atomic mass is 10.2. The van der Waals surface area contributed by atoms with Gasteiger partial charge in [-0.3, -0.25) is 14.3 Å². The third-order valence-corrected chi connectivity index (χ3v) is 5.00.